The molecule has 1 N–H and O–H groups in total. The van der Waals surface area contributed by atoms with E-state index >= 15 is 0 Å². The molecule has 0 aromatic heterocycles. The Hall–Kier alpha value is -0.840. The van der Waals surface area contributed by atoms with Gasteiger partial charge in [0.05, 0.1) is 5.09 Å². The number of hydrogen-bond acceptors (Lipinski definition) is 4. The molecule has 0 aromatic carbocycles. The third-order valence-corrected chi connectivity index (χ3v) is 0. The Morgan fingerprint density at radius 2 is 1.50 bits per heavy atom. The maximum Gasteiger partial charge on any atom is 0.0689 e. The average molecular weight is 94.0 g/mol. The highest BCUT2D eigenvalue weighted by molar-refractivity contribution is 4.03. The van der Waals surface area contributed by atoms with Gasteiger partial charge in [0.15, 0.2) is 0 Å². The number of aliphatic hydroxyl groups is 1. The van der Waals surface area contributed by atoms with Crippen LogP contribution >= 0.6 is 0 Å². The predicted molar refractivity (Wildman–Crippen MR) is 18.5 cm³/mol. The van der Waals surface area contributed by atoms with E-state index in [1.807, 2.05) is 0 Å². The van der Waals surface area contributed by atoms with Gasteiger partial charge >= 0.3 is 0 Å². The van der Waals surface area contributed by atoms with Crippen LogP contribution in [0.5, 0.6) is 0 Å². The molecule has 0 spiro atoms. The Morgan fingerprint density at radius 3 is 1.50 bits per heavy atom. The van der Waals surface area contributed by atoms with Gasteiger partial charge in [-0.05, 0) is 0 Å². The van der Waals surface area contributed by atoms with E-state index in [9.17, 15) is 0 Å². The van der Waals surface area contributed by atoms with Crippen molar-refractivity contribution in [3.05, 3.63) is 15.3 Å². The molecular formula is CH4NO4-. The summed E-state index contributed by atoms with van der Waals surface area (Å²) in [7, 11) is 1.00. The van der Waals surface area contributed by atoms with Crippen LogP contribution in [0.2, 0.25) is 0 Å². The normalized spacial score (nSPS) is 5.00. The van der Waals surface area contributed by atoms with E-state index < -0.39 is 5.09 Å². The molecule has 5 heteroatoms. The van der Waals surface area contributed by atoms with Gasteiger partial charge in [0.2, 0.25) is 0 Å². The molecule has 0 bridgehead atoms. The first-order valence-electron chi connectivity index (χ1n) is 0.995. The fourth-order valence-electron chi connectivity index (χ4n) is 0. The lowest BCUT2D eigenvalue weighted by molar-refractivity contribution is -0.402. The summed E-state index contributed by atoms with van der Waals surface area (Å²) in [5, 5.41) is 21.8. The molecule has 0 aromatic rings. The maximum absolute atomic E-state index is 8.25. The van der Waals surface area contributed by atoms with Crippen LogP contribution in [0.1, 0.15) is 0 Å². The summed E-state index contributed by atoms with van der Waals surface area (Å²) >= 11 is 0. The zero-order chi connectivity index (χ0) is 5.58. The third-order valence-electron chi connectivity index (χ3n) is 0. The van der Waals surface area contributed by atoms with Crippen LogP contribution < -0.4 is 0 Å². The van der Waals surface area contributed by atoms with Gasteiger partial charge in [-0.15, -0.1) is 0 Å². The zero-order valence-electron chi connectivity index (χ0n) is 3.12. The quantitative estimate of drug-likeness (QED) is 0.319. The average Bonchev–Trinajstić information content (AvgIpc) is 1.41. The Labute approximate surface area is 33.9 Å². The fourth-order valence-corrected chi connectivity index (χ4v) is 0. The minimum absolute atomic E-state index is 1.00. The van der Waals surface area contributed by atoms with Gasteiger partial charge in [-0.2, -0.15) is 0 Å². The van der Waals surface area contributed by atoms with E-state index in [1.54, 1.807) is 0 Å². The summed E-state index contributed by atoms with van der Waals surface area (Å²) in [6.45, 7) is 0. The monoisotopic (exact) mass is 94.0 g/mol. The van der Waals surface area contributed by atoms with E-state index in [2.05, 4.69) is 0 Å². The SMILES string of the molecule is CO.O=[N+]([O-])[O-]. The lowest BCUT2D eigenvalue weighted by Gasteiger charge is -1.74. The van der Waals surface area contributed by atoms with Crippen LogP contribution in [-0.2, 0) is 0 Å². The van der Waals surface area contributed by atoms with Gasteiger partial charge in [-0.1, -0.05) is 0 Å². The van der Waals surface area contributed by atoms with Gasteiger partial charge in [-0.25, -0.2) is 0 Å². The molecule has 0 fully saturated rings. The summed E-state index contributed by atoms with van der Waals surface area (Å²) < 4.78 is 0. The Morgan fingerprint density at radius 1 is 1.50 bits per heavy atom. The van der Waals surface area contributed by atoms with Crippen molar-refractivity contribution in [3.8, 4) is 0 Å². The second-order valence-corrected chi connectivity index (χ2v) is 0.224. The molecule has 0 radical (unpaired) electrons. The Bertz CT molecular complexity index is 30.5. The molecular weight excluding hydrogens is 90.0 g/mol. The highest BCUT2D eigenvalue weighted by Crippen LogP contribution is 1.44. The molecule has 0 saturated carbocycles. The van der Waals surface area contributed by atoms with Crippen LogP contribution in [-0.4, -0.2) is 17.3 Å². The molecule has 0 aliphatic heterocycles. The summed E-state index contributed by atoms with van der Waals surface area (Å²) in [6.07, 6.45) is 0. The second-order valence-electron chi connectivity index (χ2n) is 0.224. The molecule has 0 unspecified atom stereocenters. The first-order chi connectivity index (χ1) is 2.73. The van der Waals surface area contributed by atoms with E-state index in [4.69, 9.17) is 20.4 Å². The lowest BCUT2D eigenvalue weighted by Crippen LogP contribution is -1.74. The summed E-state index contributed by atoms with van der Waals surface area (Å²) in [5.41, 5.74) is 0. The molecule has 0 aliphatic carbocycles. The smallest absolute Gasteiger partial charge is 0.0689 e. The minimum atomic E-state index is -1.75. The highest BCUT2D eigenvalue weighted by Gasteiger charge is 1.45. The van der Waals surface area contributed by atoms with Crippen LogP contribution in [0.15, 0.2) is 0 Å². The minimum Gasteiger partial charge on any atom is -0.400 e. The molecule has 0 heterocycles. The van der Waals surface area contributed by atoms with E-state index in [1.165, 1.54) is 0 Å². The van der Waals surface area contributed by atoms with Crippen molar-refractivity contribution in [2.45, 2.75) is 0 Å². The largest absolute Gasteiger partial charge is 0.400 e. The number of hydrogen-bond donors (Lipinski definition) is 1. The molecule has 0 saturated heterocycles. The van der Waals surface area contributed by atoms with Gasteiger partial charge in [0.1, 0.15) is 0 Å². The summed E-state index contributed by atoms with van der Waals surface area (Å²) in [6, 6.07) is 0. The van der Waals surface area contributed by atoms with Crippen molar-refractivity contribution in [2.24, 2.45) is 0 Å². The Balaban J connectivity index is 0. The predicted octanol–water partition coefficient (Wildman–Crippen LogP) is -0.631. The highest BCUT2D eigenvalue weighted by atomic mass is 16.9. The number of rotatable bonds is 0. The van der Waals surface area contributed by atoms with Crippen LogP contribution in [0.3, 0.4) is 0 Å². The lowest BCUT2D eigenvalue weighted by atomic mass is 11.8. The number of nitrogens with zero attached hydrogens (tertiary/aromatic N) is 1. The maximum atomic E-state index is 8.25. The van der Waals surface area contributed by atoms with Gasteiger partial charge in [-0.3, -0.25) is 0 Å². The van der Waals surface area contributed by atoms with Crippen molar-refractivity contribution in [2.75, 3.05) is 7.11 Å². The van der Waals surface area contributed by atoms with Crippen molar-refractivity contribution in [1.29, 1.82) is 0 Å². The molecule has 0 rings (SSSR count). The first-order valence-corrected chi connectivity index (χ1v) is 0.995. The standard InChI is InChI=1S/CH4O.NO3/c1-2;2-1(3)4/h2H,1H3;/q;-1. The van der Waals surface area contributed by atoms with E-state index in [-0.39, 0.29) is 0 Å². The van der Waals surface area contributed by atoms with Crippen molar-refractivity contribution < 1.29 is 10.2 Å². The Kier molecular flexibility index (Phi) is 13.3. The van der Waals surface area contributed by atoms with Crippen molar-refractivity contribution in [3.63, 3.8) is 0 Å². The van der Waals surface area contributed by atoms with Crippen LogP contribution in [0.4, 0.5) is 0 Å². The van der Waals surface area contributed by atoms with Gasteiger partial charge in [0, 0.05) is 7.11 Å². The molecule has 6 heavy (non-hydrogen) atoms. The van der Waals surface area contributed by atoms with Crippen LogP contribution in [0, 0.1) is 15.3 Å². The van der Waals surface area contributed by atoms with Crippen molar-refractivity contribution >= 4 is 0 Å². The molecule has 0 amide bonds. The fraction of sp³-hybridized carbons (Fsp3) is 1.00. The zero-order valence-corrected chi connectivity index (χ0v) is 3.12. The van der Waals surface area contributed by atoms with Crippen LogP contribution in [0.25, 0.3) is 0 Å². The first kappa shape index (κ1) is 8.94. The van der Waals surface area contributed by atoms with Gasteiger partial charge in [0.25, 0.3) is 0 Å². The topological polar surface area (TPSA) is 86.4 Å². The second kappa shape index (κ2) is 8.90. The summed E-state index contributed by atoms with van der Waals surface area (Å²) in [4.78, 5) is 8.25. The molecule has 0 aliphatic rings. The molecule has 0 atom stereocenters. The summed E-state index contributed by atoms with van der Waals surface area (Å²) in [5.74, 6) is 0. The number of aliphatic hydroxyl groups excluding tert-OH is 1. The van der Waals surface area contributed by atoms with Gasteiger partial charge < -0.3 is 20.4 Å². The van der Waals surface area contributed by atoms with E-state index in [0.29, 0.717) is 0 Å². The van der Waals surface area contributed by atoms with Crippen molar-refractivity contribution in [1.82, 2.24) is 0 Å². The van der Waals surface area contributed by atoms with E-state index in [0.717, 1.165) is 7.11 Å². The molecule has 38 valence electrons. The third kappa shape index (κ3) is 20.9. The molecule has 5 nitrogen and oxygen atoms in total.